The Balaban J connectivity index is 2.68. The Morgan fingerprint density at radius 3 is 2.22 bits per heavy atom. The average Bonchev–Trinajstić information content (AvgIpc) is 2.36. The van der Waals surface area contributed by atoms with E-state index in [1.807, 2.05) is 6.92 Å². The largest absolute Gasteiger partial charge is 0.456 e. The molecule has 23 heavy (non-hydrogen) atoms. The maximum Gasteiger partial charge on any atom is 0.352 e. The first-order chi connectivity index (χ1) is 10.4. The molecule has 0 spiro atoms. The van der Waals surface area contributed by atoms with E-state index in [1.54, 1.807) is 32.9 Å². The van der Waals surface area contributed by atoms with Crippen LogP contribution in [0.2, 0.25) is 0 Å². The minimum Gasteiger partial charge on any atom is -0.456 e. The molecular weight excluding hydrogens is 318 g/mol. The molecule has 0 fully saturated rings. The predicted octanol–water partition coefficient (Wildman–Crippen LogP) is 2.84. The molecule has 7 heteroatoms. The number of hydrogen-bond acceptors (Lipinski definition) is 6. The van der Waals surface area contributed by atoms with Gasteiger partial charge in [0.15, 0.2) is 0 Å². The monoisotopic (exact) mass is 341 g/mol. The van der Waals surface area contributed by atoms with Crippen LogP contribution in [0, 0.1) is 12.3 Å². The average molecular weight is 341 g/mol. The zero-order valence-corrected chi connectivity index (χ0v) is 14.9. The summed E-state index contributed by atoms with van der Waals surface area (Å²) in [7, 11) is -3.93. The molecule has 0 saturated carbocycles. The lowest BCUT2D eigenvalue weighted by Crippen LogP contribution is -2.31. The molecule has 1 aromatic rings. The first kappa shape index (κ1) is 19.3. The highest BCUT2D eigenvalue weighted by molar-refractivity contribution is 7.86. The van der Waals surface area contributed by atoms with Gasteiger partial charge >= 0.3 is 5.97 Å². The van der Waals surface area contributed by atoms with Gasteiger partial charge in [-0.15, -0.1) is 0 Å². The fraction of sp³-hybridized carbons (Fsp3) is 0.500. The van der Waals surface area contributed by atoms with Crippen molar-refractivity contribution >= 4 is 21.8 Å². The van der Waals surface area contributed by atoms with Crippen molar-refractivity contribution in [1.82, 2.24) is 0 Å². The van der Waals surface area contributed by atoms with Crippen molar-refractivity contribution in [3.05, 3.63) is 29.8 Å². The third-order valence-electron chi connectivity index (χ3n) is 2.74. The van der Waals surface area contributed by atoms with Gasteiger partial charge in [0.1, 0.15) is 11.3 Å². The molecule has 0 heterocycles. The highest BCUT2D eigenvalue weighted by atomic mass is 32.2. The Hall–Kier alpha value is -1.73. The maximum atomic E-state index is 12.1. The molecule has 0 amide bonds. The van der Waals surface area contributed by atoms with Crippen molar-refractivity contribution in [2.75, 3.05) is 0 Å². The minimum atomic E-state index is -3.93. The first-order valence-corrected chi connectivity index (χ1v) is 8.62. The molecule has 0 aliphatic rings. The molecule has 1 atom stereocenters. The smallest absolute Gasteiger partial charge is 0.352 e. The summed E-state index contributed by atoms with van der Waals surface area (Å²) >= 11 is 0. The van der Waals surface area contributed by atoms with Crippen LogP contribution in [-0.4, -0.2) is 31.8 Å². The zero-order chi connectivity index (χ0) is 17.8. The van der Waals surface area contributed by atoms with E-state index in [1.165, 1.54) is 19.1 Å². The molecule has 1 rings (SSSR count). The molecule has 0 aliphatic heterocycles. The van der Waals surface area contributed by atoms with E-state index < -0.39 is 27.8 Å². The van der Waals surface area contributed by atoms with Crippen molar-refractivity contribution < 1.29 is 22.1 Å². The number of esters is 1. The van der Waals surface area contributed by atoms with Crippen molar-refractivity contribution in [3.8, 4) is 0 Å². The summed E-state index contributed by atoms with van der Waals surface area (Å²) in [5, 5.41) is 7.70. The standard InChI is InChI=1S/C16H23NO5S/c1-11-6-8-13(9-7-11)23(19,20)22-12(2)10-14(17)15(18)21-16(3,4)5/h6-9,12,17H,10H2,1-5H3. The molecule has 0 bridgehead atoms. The van der Waals surface area contributed by atoms with Gasteiger partial charge in [-0.1, -0.05) is 17.7 Å². The number of nitrogens with one attached hydrogen (secondary N) is 1. The number of rotatable bonds is 6. The van der Waals surface area contributed by atoms with Gasteiger partial charge < -0.3 is 4.74 Å². The van der Waals surface area contributed by atoms with Crippen molar-refractivity contribution in [2.45, 2.75) is 57.6 Å². The van der Waals surface area contributed by atoms with Crippen LogP contribution >= 0.6 is 0 Å². The van der Waals surface area contributed by atoms with Crippen molar-refractivity contribution in [3.63, 3.8) is 0 Å². The number of carbonyl (C=O) groups is 1. The highest BCUT2D eigenvalue weighted by Gasteiger charge is 2.24. The van der Waals surface area contributed by atoms with Crippen LogP contribution in [0.25, 0.3) is 0 Å². The lowest BCUT2D eigenvalue weighted by molar-refractivity contribution is -0.146. The first-order valence-electron chi connectivity index (χ1n) is 7.21. The Bertz CT molecular complexity index is 671. The Morgan fingerprint density at radius 1 is 1.22 bits per heavy atom. The zero-order valence-electron chi connectivity index (χ0n) is 14.0. The fourth-order valence-corrected chi connectivity index (χ4v) is 2.80. The molecule has 0 radical (unpaired) electrons. The lowest BCUT2D eigenvalue weighted by Gasteiger charge is -2.20. The van der Waals surface area contributed by atoms with Gasteiger partial charge in [0.2, 0.25) is 0 Å². The molecule has 1 aromatic carbocycles. The summed E-state index contributed by atoms with van der Waals surface area (Å²) in [5.41, 5.74) is -0.100. The fourth-order valence-electron chi connectivity index (χ4n) is 1.72. The van der Waals surface area contributed by atoms with E-state index in [0.717, 1.165) is 5.56 Å². The molecule has 0 aromatic heterocycles. The van der Waals surface area contributed by atoms with E-state index >= 15 is 0 Å². The van der Waals surface area contributed by atoms with Crippen LogP contribution < -0.4 is 0 Å². The number of hydrogen-bond donors (Lipinski definition) is 1. The lowest BCUT2D eigenvalue weighted by atomic mass is 10.1. The van der Waals surface area contributed by atoms with Crippen molar-refractivity contribution in [1.29, 1.82) is 5.41 Å². The molecule has 1 unspecified atom stereocenters. The predicted molar refractivity (Wildman–Crippen MR) is 87.1 cm³/mol. The normalized spacial score (nSPS) is 13.4. The summed E-state index contributed by atoms with van der Waals surface area (Å²) in [5.74, 6) is -0.777. The number of aryl methyl sites for hydroxylation is 1. The molecule has 0 aliphatic carbocycles. The summed E-state index contributed by atoms with van der Waals surface area (Å²) in [6.07, 6.45) is -0.999. The molecule has 6 nitrogen and oxygen atoms in total. The Kier molecular flexibility index (Phi) is 6.07. The van der Waals surface area contributed by atoms with E-state index in [0.29, 0.717) is 0 Å². The van der Waals surface area contributed by atoms with Gasteiger partial charge in [-0.05, 0) is 46.8 Å². The maximum absolute atomic E-state index is 12.1. The van der Waals surface area contributed by atoms with Gasteiger partial charge in [0.05, 0.1) is 11.0 Å². The van der Waals surface area contributed by atoms with Crippen LogP contribution in [0.5, 0.6) is 0 Å². The SMILES string of the molecule is Cc1ccc(S(=O)(=O)OC(C)CC(=N)C(=O)OC(C)(C)C)cc1. The molecule has 0 saturated heterocycles. The number of benzene rings is 1. The van der Waals surface area contributed by atoms with Gasteiger partial charge in [0.25, 0.3) is 10.1 Å². The molecule has 128 valence electrons. The van der Waals surface area contributed by atoms with E-state index in [4.69, 9.17) is 14.3 Å². The molecule has 1 N–H and O–H groups in total. The summed E-state index contributed by atoms with van der Waals surface area (Å²) < 4.78 is 34.3. The van der Waals surface area contributed by atoms with Crippen LogP contribution in [0.1, 0.15) is 39.7 Å². The number of carbonyl (C=O) groups excluding carboxylic acids is 1. The highest BCUT2D eigenvalue weighted by Crippen LogP contribution is 2.17. The van der Waals surface area contributed by atoms with Crippen LogP contribution in [-0.2, 0) is 23.8 Å². The van der Waals surface area contributed by atoms with Gasteiger partial charge in [-0.2, -0.15) is 8.42 Å². The topological polar surface area (TPSA) is 93.5 Å². The minimum absolute atomic E-state index is 0.0405. The molecular formula is C16H23NO5S. The van der Waals surface area contributed by atoms with Gasteiger partial charge in [-0.3, -0.25) is 9.59 Å². The summed E-state index contributed by atoms with van der Waals surface area (Å²) in [6.45, 7) is 8.42. The third-order valence-corrected chi connectivity index (χ3v) is 4.17. The second-order valence-corrected chi connectivity index (χ2v) is 7.93. The second-order valence-electron chi connectivity index (χ2n) is 6.36. The van der Waals surface area contributed by atoms with Crippen LogP contribution in [0.15, 0.2) is 29.2 Å². The van der Waals surface area contributed by atoms with E-state index in [9.17, 15) is 13.2 Å². The third kappa shape index (κ3) is 6.50. The Morgan fingerprint density at radius 2 is 1.74 bits per heavy atom. The van der Waals surface area contributed by atoms with Gasteiger partial charge in [-0.25, -0.2) is 4.79 Å². The van der Waals surface area contributed by atoms with E-state index in [-0.39, 0.29) is 17.0 Å². The van der Waals surface area contributed by atoms with Crippen LogP contribution in [0.3, 0.4) is 0 Å². The Labute approximate surface area is 137 Å². The van der Waals surface area contributed by atoms with Crippen molar-refractivity contribution in [2.24, 2.45) is 0 Å². The van der Waals surface area contributed by atoms with E-state index in [2.05, 4.69) is 0 Å². The summed E-state index contributed by atoms with van der Waals surface area (Å²) in [6, 6.07) is 6.25. The second kappa shape index (κ2) is 7.23. The number of ether oxygens (including phenoxy) is 1. The van der Waals surface area contributed by atoms with Crippen LogP contribution in [0.4, 0.5) is 0 Å². The van der Waals surface area contributed by atoms with Gasteiger partial charge in [0, 0.05) is 6.42 Å². The quantitative estimate of drug-likeness (QED) is 0.488. The summed E-state index contributed by atoms with van der Waals surface area (Å²) in [4.78, 5) is 11.8.